The average molecular weight is 279 g/mol. The van der Waals surface area contributed by atoms with Gasteiger partial charge < -0.3 is 0 Å². The minimum Gasteiger partial charge on any atom is -0.235 e. The maximum atomic E-state index is 4.49. The molecule has 2 aromatic rings. The predicted molar refractivity (Wildman–Crippen MR) is 77.4 cm³/mol. The van der Waals surface area contributed by atoms with Crippen LogP contribution >= 0.6 is 34.9 Å². The molecule has 0 saturated heterocycles. The van der Waals surface area contributed by atoms with Crippen molar-refractivity contribution < 1.29 is 0 Å². The summed E-state index contributed by atoms with van der Waals surface area (Å²) in [5.41, 5.74) is 2.65. The quantitative estimate of drug-likeness (QED) is 0.779. The number of hydrogen-bond donors (Lipinski definition) is 0. The van der Waals surface area contributed by atoms with Crippen LogP contribution < -0.4 is 0 Å². The predicted octanol–water partition coefficient (Wildman–Crippen LogP) is 4.26. The third kappa shape index (κ3) is 2.69. The smallest absolute Gasteiger partial charge is 0.150 e. The van der Waals surface area contributed by atoms with Crippen LogP contribution in [0.5, 0.6) is 0 Å². The Balaban J connectivity index is 1.59. The van der Waals surface area contributed by atoms with Crippen LogP contribution in [0.1, 0.15) is 11.3 Å². The molecule has 0 aliphatic carbocycles. The van der Waals surface area contributed by atoms with Gasteiger partial charge in [0, 0.05) is 27.0 Å². The molecule has 0 radical (unpaired) electrons. The van der Waals surface area contributed by atoms with Crippen LogP contribution in [-0.4, -0.2) is 16.0 Å². The van der Waals surface area contributed by atoms with Crippen molar-refractivity contribution in [1.29, 1.82) is 0 Å². The van der Waals surface area contributed by atoms with Crippen molar-refractivity contribution in [3.63, 3.8) is 0 Å². The summed E-state index contributed by atoms with van der Waals surface area (Å²) in [5, 5.41) is 2.83. The Hall–Kier alpha value is -0.450. The highest BCUT2D eigenvalue weighted by Gasteiger charge is 2.21. The Labute approximate surface area is 114 Å². The lowest BCUT2D eigenvalue weighted by Crippen LogP contribution is -2.03. The molecule has 1 aliphatic heterocycles. The molecule has 0 saturated carbocycles. The average Bonchev–Trinajstić information content (AvgIpc) is 2.91. The van der Waals surface area contributed by atoms with Crippen LogP contribution in [0.3, 0.4) is 0 Å². The number of hydrogen-bond acceptors (Lipinski definition) is 4. The molecular formula is C13H13NS3. The van der Waals surface area contributed by atoms with Gasteiger partial charge in [0.25, 0.3) is 0 Å². The zero-order valence-electron chi connectivity index (χ0n) is 9.55. The second-order valence-electron chi connectivity index (χ2n) is 4.12. The van der Waals surface area contributed by atoms with E-state index in [1.165, 1.54) is 21.2 Å². The minimum atomic E-state index is 0.710. The molecule has 1 unspecified atom stereocenters. The zero-order valence-corrected chi connectivity index (χ0v) is 12.0. The molecule has 0 bridgehead atoms. The molecule has 88 valence electrons. The molecular weight excluding hydrogens is 266 g/mol. The summed E-state index contributed by atoms with van der Waals surface area (Å²) in [5.74, 6) is 1.16. The van der Waals surface area contributed by atoms with E-state index in [1.54, 1.807) is 11.3 Å². The van der Waals surface area contributed by atoms with Crippen molar-refractivity contribution >= 4 is 34.9 Å². The van der Waals surface area contributed by atoms with E-state index >= 15 is 0 Å². The fourth-order valence-corrected chi connectivity index (χ4v) is 5.26. The molecule has 1 atom stereocenters. The number of thiazole rings is 1. The van der Waals surface area contributed by atoms with Gasteiger partial charge in [-0.05, 0) is 25.0 Å². The molecule has 3 rings (SSSR count). The van der Waals surface area contributed by atoms with Crippen molar-refractivity contribution in [3.05, 3.63) is 40.9 Å². The molecule has 0 spiro atoms. The number of benzene rings is 1. The summed E-state index contributed by atoms with van der Waals surface area (Å²) in [6.45, 7) is 2.06. The molecule has 0 N–H and O–H groups in total. The molecule has 1 aromatic heterocycles. The van der Waals surface area contributed by atoms with Crippen molar-refractivity contribution in [2.75, 3.05) is 5.75 Å². The lowest BCUT2D eigenvalue weighted by Gasteiger charge is -2.05. The molecule has 17 heavy (non-hydrogen) atoms. The van der Waals surface area contributed by atoms with Gasteiger partial charge in [0.05, 0.1) is 0 Å². The number of nitrogens with zero attached hydrogens (tertiary/aromatic N) is 1. The number of thioether (sulfide) groups is 2. The largest absolute Gasteiger partial charge is 0.235 e. The summed E-state index contributed by atoms with van der Waals surface area (Å²) in [6.07, 6.45) is 1.21. The SMILES string of the molecule is Cc1csc(SCC2Cc3ccccc3S2)n1. The highest BCUT2D eigenvalue weighted by Crippen LogP contribution is 2.39. The van der Waals surface area contributed by atoms with Crippen LogP contribution in [0, 0.1) is 6.92 Å². The lowest BCUT2D eigenvalue weighted by atomic mass is 10.1. The van der Waals surface area contributed by atoms with Gasteiger partial charge in [-0.15, -0.1) is 23.1 Å². The Morgan fingerprint density at radius 2 is 2.29 bits per heavy atom. The molecule has 0 fully saturated rings. The van der Waals surface area contributed by atoms with E-state index in [0.717, 1.165) is 11.4 Å². The fourth-order valence-electron chi connectivity index (χ4n) is 1.91. The third-order valence-electron chi connectivity index (χ3n) is 2.70. The van der Waals surface area contributed by atoms with Gasteiger partial charge in [-0.2, -0.15) is 0 Å². The monoisotopic (exact) mass is 279 g/mol. The summed E-state index contributed by atoms with van der Waals surface area (Å²) in [4.78, 5) is 5.96. The van der Waals surface area contributed by atoms with Gasteiger partial charge >= 0.3 is 0 Å². The normalized spacial score (nSPS) is 18.3. The van der Waals surface area contributed by atoms with Crippen molar-refractivity contribution in [2.45, 2.75) is 27.8 Å². The summed E-state index contributed by atoms with van der Waals surface area (Å²) < 4.78 is 1.21. The van der Waals surface area contributed by atoms with E-state index in [-0.39, 0.29) is 0 Å². The first-order valence-corrected chi connectivity index (χ1v) is 8.35. The number of aryl methyl sites for hydroxylation is 1. The van der Waals surface area contributed by atoms with Crippen LogP contribution in [0.4, 0.5) is 0 Å². The number of rotatable bonds is 3. The fraction of sp³-hybridized carbons (Fsp3) is 0.308. The first-order valence-electron chi connectivity index (χ1n) is 5.61. The topological polar surface area (TPSA) is 12.9 Å². The van der Waals surface area contributed by atoms with E-state index < -0.39 is 0 Å². The molecule has 1 nitrogen and oxygen atoms in total. The Morgan fingerprint density at radius 1 is 1.41 bits per heavy atom. The second kappa shape index (κ2) is 5.04. The van der Waals surface area contributed by atoms with Gasteiger partial charge in [-0.3, -0.25) is 0 Å². The van der Waals surface area contributed by atoms with Crippen molar-refractivity contribution in [3.8, 4) is 0 Å². The zero-order chi connectivity index (χ0) is 11.7. The maximum Gasteiger partial charge on any atom is 0.150 e. The van der Waals surface area contributed by atoms with E-state index in [1.807, 2.05) is 23.5 Å². The summed E-state index contributed by atoms with van der Waals surface area (Å²) >= 11 is 5.67. The molecule has 1 aromatic carbocycles. The summed E-state index contributed by atoms with van der Waals surface area (Å²) in [7, 11) is 0. The van der Waals surface area contributed by atoms with Gasteiger partial charge in [0.15, 0.2) is 0 Å². The van der Waals surface area contributed by atoms with E-state index in [0.29, 0.717) is 5.25 Å². The third-order valence-corrected chi connectivity index (χ3v) is 6.54. The van der Waals surface area contributed by atoms with E-state index in [2.05, 4.69) is 41.6 Å². The minimum absolute atomic E-state index is 0.710. The van der Waals surface area contributed by atoms with Crippen LogP contribution in [0.2, 0.25) is 0 Å². The van der Waals surface area contributed by atoms with Crippen LogP contribution in [0.15, 0.2) is 38.9 Å². The van der Waals surface area contributed by atoms with E-state index in [4.69, 9.17) is 0 Å². The highest BCUT2D eigenvalue weighted by atomic mass is 32.2. The lowest BCUT2D eigenvalue weighted by molar-refractivity contribution is 0.969. The Kier molecular flexibility index (Phi) is 3.45. The van der Waals surface area contributed by atoms with Crippen molar-refractivity contribution in [2.24, 2.45) is 0 Å². The highest BCUT2D eigenvalue weighted by molar-refractivity contribution is 8.04. The second-order valence-corrected chi connectivity index (χ2v) is 7.58. The Morgan fingerprint density at radius 3 is 3.06 bits per heavy atom. The molecule has 0 amide bonds. The molecule has 1 aliphatic rings. The van der Waals surface area contributed by atoms with E-state index in [9.17, 15) is 0 Å². The maximum absolute atomic E-state index is 4.49. The summed E-state index contributed by atoms with van der Waals surface area (Å²) in [6, 6.07) is 8.75. The number of fused-ring (bicyclic) bond motifs is 1. The van der Waals surface area contributed by atoms with Gasteiger partial charge in [-0.1, -0.05) is 30.0 Å². The number of aromatic nitrogens is 1. The standard InChI is InChI=1S/C13H13NS3/c1-9-7-15-13(14-9)16-8-11-6-10-4-2-3-5-12(10)17-11/h2-5,7,11H,6,8H2,1H3. The van der Waals surface area contributed by atoms with Gasteiger partial charge in [0.2, 0.25) is 0 Å². The molecule has 2 heterocycles. The van der Waals surface area contributed by atoms with Crippen LogP contribution in [-0.2, 0) is 6.42 Å². The molecule has 4 heteroatoms. The van der Waals surface area contributed by atoms with Gasteiger partial charge in [-0.25, -0.2) is 4.98 Å². The van der Waals surface area contributed by atoms with Gasteiger partial charge in [0.1, 0.15) is 4.34 Å². The first kappa shape index (κ1) is 11.6. The first-order chi connectivity index (χ1) is 8.31. The van der Waals surface area contributed by atoms with Crippen LogP contribution in [0.25, 0.3) is 0 Å². The Bertz CT molecular complexity index is 496. The van der Waals surface area contributed by atoms with Crippen molar-refractivity contribution in [1.82, 2.24) is 4.98 Å².